The molecule has 3 aromatic rings. The van der Waals surface area contributed by atoms with E-state index in [0.717, 1.165) is 5.82 Å². The Balaban J connectivity index is 1.76. The molecule has 0 saturated heterocycles. The minimum atomic E-state index is -0.684. The highest BCUT2D eigenvalue weighted by Crippen LogP contribution is 2.18. The lowest BCUT2D eigenvalue weighted by Gasteiger charge is -2.05. The fraction of sp³-hybridized carbons (Fsp3) is 0.200. The second-order valence-corrected chi connectivity index (χ2v) is 5.37. The first-order chi connectivity index (χ1) is 11.0. The number of aryl methyl sites for hydroxylation is 1. The van der Waals surface area contributed by atoms with Gasteiger partial charge in [0.25, 0.3) is 5.91 Å². The van der Waals surface area contributed by atoms with E-state index in [1.165, 1.54) is 12.4 Å². The topological polar surface area (TPSA) is 90.0 Å². The molecular formula is C15H13ClN4O3. The summed E-state index contributed by atoms with van der Waals surface area (Å²) < 4.78 is 6.76. The van der Waals surface area contributed by atoms with Gasteiger partial charge >= 0.3 is 5.63 Å². The molecule has 7 nitrogen and oxygen atoms in total. The van der Waals surface area contributed by atoms with Crippen molar-refractivity contribution >= 4 is 28.5 Å². The lowest BCUT2D eigenvalue weighted by Crippen LogP contribution is -2.30. The Morgan fingerprint density at radius 1 is 1.39 bits per heavy atom. The third kappa shape index (κ3) is 3.24. The standard InChI is InChI=1S/C15H13ClN4O3/c1-20-13(18-8-19-20)4-5-17-14(21)11-7-9-6-10(16)2-3-12(9)23-15(11)22/h2-3,6-8H,4-5H2,1H3,(H,17,21). The van der Waals surface area contributed by atoms with Crippen LogP contribution in [-0.4, -0.2) is 27.2 Å². The van der Waals surface area contributed by atoms with Crippen LogP contribution in [0, 0.1) is 0 Å². The van der Waals surface area contributed by atoms with Crippen LogP contribution >= 0.6 is 11.6 Å². The van der Waals surface area contributed by atoms with E-state index in [2.05, 4.69) is 15.4 Å². The van der Waals surface area contributed by atoms with Crippen molar-refractivity contribution in [3.63, 3.8) is 0 Å². The molecule has 0 aliphatic rings. The van der Waals surface area contributed by atoms with Gasteiger partial charge in [-0.3, -0.25) is 9.48 Å². The number of nitrogens with zero attached hydrogens (tertiary/aromatic N) is 3. The number of nitrogens with one attached hydrogen (secondary N) is 1. The van der Waals surface area contributed by atoms with E-state index in [-0.39, 0.29) is 5.56 Å². The lowest BCUT2D eigenvalue weighted by molar-refractivity contribution is 0.0950. The summed E-state index contributed by atoms with van der Waals surface area (Å²) in [5, 5.41) is 7.71. The minimum absolute atomic E-state index is 0.0577. The first kappa shape index (κ1) is 15.2. The maximum Gasteiger partial charge on any atom is 0.349 e. The minimum Gasteiger partial charge on any atom is -0.422 e. The second kappa shape index (κ2) is 6.21. The third-order valence-corrected chi connectivity index (χ3v) is 3.61. The van der Waals surface area contributed by atoms with Crippen LogP contribution < -0.4 is 10.9 Å². The van der Waals surface area contributed by atoms with Gasteiger partial charge < -0.3 is 9.73 Å². The Bertz CT molecular complexity index is 932. The Morgan fingerprint density at radius 2 is 2.22 bits per heavy atom. The van der Waals surface area contributed by atoms with Crippen LogP contribution in [-0.2, 0) is 13.5 Å². The molecule has 1 aromatic carbocycles. The van der Waals surface area contributed by atoms with Gasteiger partial charge in [-0.1, -0.05) is 11.6 Å². The molecule has 23 heavy (non-hydrogen) atoms. The molecule has 0 fully saturated rings. The van der Waals surface area contributed by atoms with Crippen molar-refractivity contribution in [1.29, 1.82) is 0 Å². The number of carbonyl (C=O) groups excluding carboxylic acids is 1. The Hall–Kier alpha value is -2.67. The maximum atomic E-state index is 12.2. The van der Waals surface area contributed by atoms with Crippen molar-refractivity contribution in [2.75, 3.05) is 6.54 Å². The van der Waals surface area contributed by atoms with E-state index >= 15 is 0 Å². The molecule has 1 amide bonds. The molecule has 0 radical (unpaired) electrons. The Labute approximate surface area is 135 Å². The van der Waals surface area contributed by atoms with Gasteiger partial charge in [0.05, 0.1) is 0 Å². The SMILES string of the molecule is Cn1ncnc1CCNC(=O)c1cc2cc(Cl)ccc2oc1=O. The van der Waals surface area contributed by atoms with Crippen LogP contribution in [0.25, 0.3) is 11.0 Å². The summed E-state index contributed by atoms with van der Waals surface area (Å²) in [5.41, 5.74) is -0.358. The van der Waals surface area contributed by atoms with Gasteiger partial charge in [0.15, 0.2) is 0 Å². The molecule has 2 heterocycles. The van der Waals surface area contributed by atoms with Crippen molar-refractivity contribution in [2.24, 2.45) is 7.05 Å². The average molecular weight is 333 g/mol. The number of fused-ring (bicyclic) bond motifs is 1. The zero-order valence-electron chi connectivity index (χ0n) is 12.2. The highest BCUT2D eigenvalue weighted by Gasteiger charge is 2.14. The van der Waals surface area contributed by atoms with Gasteiger partial charge in [0.1, 0.15) is 23.3 Å². The van der Waals surface area contributed by atoms with Crippen molar-refractivity contribution in [3.05, 3.63) is 57.4 Å². The Morgan fingerprint density at radius 3 is 2.96 bits per heavy atom. The zero-order chi connectivity index (χ0) is 16.4. The summed E-state index contributed by atoms with van der Waals surface area (Å²) in [7, 11) is 1.77. The summed E-state index contributed by atoms with van der Waals surface area (Å²) in [6.07, 6.45) is 1.95. The molecule has 0 saturated carbocycles. The first-order valence-electron chi connectivity index (χ1n) is 6.89. The lowest BCUT2D eigenvalue weighted by atomic mass is 10.2. The van der Waals surface area contributed by atoms with E-state index in [1.807, 2.05) is 0 Å². The summed E-state index contributed by atoms with van der Waals surface area (Å²) >= 11 is 5.91. The largest absolute Gasteiger partial charge is 0.422 e. The van der Waals surface area contributed by atoms with Crippen LogP contribution in [0.2, 0.25) is 5.02 Å². The monoisotopic (exact) mass is 332 g/mol. The number of aromatic nitrogens is 3. The average Bonchev–Trinajstić information content (AvgIpc) is 2.92. The van der Waals surface area contributed by atoms with Crippen LogP contribution in [0.1, 0.15) is 16.2 Å². The van der Waals surface area contributed by atoms with E-state index in [9.17, 15) is 9.59 Å². The van der Waals surface area contributed by atoms with Gasteiger partial charge in [-0.15, -0.1) is 0 Å². The van der Waals surface area contributed by atoms with Gasteiger partial charge in [0, 0.05) is 30.4 Å². The number of amides is 1. The smallest absolute Gasteiger partial charge is 0.349 e. The molecule has 118 valence electrons. The van der Waals surface area contributed by atoms with E-state index in [1.54, 1.807) is 29.9 Å². The molecule has 0 unspecified atom stereocenters. The van der Waals surface area contributed by atoms with Crippen molar-refractivity contribution < 1.29 is 9.21 Å². The highest BCUT2D eigenvalue weighted by molar-refractivity contribution is 6.31. The first-order valence-corrected chi connectivity index (χ1v) is 7.27. The van der Waals surface area contributed by atoms with Crippen molar-refractivity contribution in [3.8, 4) is 0 Å². The predicted octanol–water partition coefficient (Wildman–Crippen LogP) is 1.55. The van der Waals surface area contributed by atoms with Crippen LogP contribution in [0.4, 0.5) is 0 Å². The van der Waals surface area contributed by atoms with Crippen molar-refractivity contribution in [2.45, 2.75) is 6.42 Å². The quantitative estimate of drug-likeness (QED) is 0.732. The fourth-order valence-corrected chi connectivity index (χ4v) is 2.36. The van der Waals surface area contributed by atoms with Gasteiger partial charge in [-0.25, -0.2) is 9.78 Å². The Kier molecular flexibility index (Phi) is 4.12. The molecule has 2 aromatic heterocycles. The van der Waals surface area contributed by atoms with E-state index in [0.29, 0.717) is 29.0 Å². The highest BCUT2D eigenvalue weighted by atomic mass is 35.5. The molecular weight excluding hydrogens is 320 g/mol. The molecule has 8 heteroatoms. The molecule has 0 atom stereocenters. The molecule has 1 N–H and O–H groups in total. The molecule has 0 spiro atoms. The van der Waals surface area contributed by atoms with Crippen LogP contribution in [0.15, 0.2) is 39.8 Å². The van der Waals surface area contributed by atoms with Gasteiger partial charge in [0.2, 0.25) is 0 Å². The molecule has 0 aliphatic heterocycles. The summed E-state index contributed by atoms with van der Waals surface area (Å²) in [4.78, 5) is 28.1. The van der Waals surface area contributed by atoms with Crippen molar-refractivity contribution in [1.82, 2.24) is 20.1 Å². The summed E-state index contributed by atoms with van der Waals surface area (Å²) in [5.74, 6) is 0.241. The fourth-order valence-electron chi connectivity index (χ4n) is 2.18. The van der Waals surface area contributed by atoms with Gasteiger partial charge in [-0.2, -0.15) is 5.10 Å². The second-order valence-electron chi connectivity index (χ2n) is 4.94. The zero-order valence-corrected chi connectivity index (χ0v) is 13.0. The van der Waals surface area contributed by atoms with Gasteiger partial charge in [-0.05, 0) is 24.3 Å². The summed E-state index contributed by atoms with van der Waals surface area (Å²) in [6.45, 7) is 0.332. The molecule has 0 aliphatic carbocycles. The summed E-state index contributed by atoms with van der Waals surface area (Å²) in [6, 6.07) is 6.32. The number of benzene rings is 1. The van der Waals surface area contributed by atoms with E-state index < -0.39 is 11.5 Å². The predicted molar refractivity (Wildman–Crippen MR) is 84.5 cm³/mol. The normalized spacial score (nSPS) is 10.9. The number of halogens is 1. The molecule has 0 bridgehead atoms. The third-order valence-electron chi connectivity index (χ3n) is 3.38. The maximum absolute atomic E-state index is 12.2. The number of hydrogen-bond acceptors (Lipinski definition) is 5. The number of hydrogen-bond donors (Lipinski definition) is 1. The molecule has 3 rings (SSSR count). The van der Waals surface area contributed by atoms with Crippen LogP contribution in [0.3, 0.4) is 0 Å². The van der Waals surface area contributed by atoms with E-state index in [4.69, 9.17) is 16.0 Å². The number of carbonyl (C=O) groups is 1. The van der Waals surface area contributed by atoms with Crippen LogP contribution in [0.5, 0.6) is 0 Å². The number of rotatable bonds is 4.